The van der Waals surface area contributed by atoms with Crippen molar-refractivity contribution in [2.45, 2.75) is 44.7 Å². The van der Waals surface area contributed by atoms with Gasteiger partial charge >= 0.3 is 0 Å². The Kier molecular flexibility index (Phi) is 4.06. The minimum Gasteiger partial charge on any atom is -0.337 e. The van der Waals surface area contributed by atoms with Crippen LogP contribution in [0.5, 0.6) is 0 Å². The first-order chi connectivity index (χ1) is 9.78. The second kappa shape index (κ2) is 5.96. The van der Waals surface area contributed by atoms with Gasteiger partial charge in [0, 0.05) is 38.1 Å². The summed E-state index contributed by atoms with van der Waals surface area (Å²) in [6.07, 6.45) is 4.30. The van der Waals surface area contributed by atoms with E-state index in [1.807, 2.05) is 6.92 Å². The summed E-state index contributed by atoms with van der Waals surface area (Å²) in [5.41, 5.74) is 1.34. The highest BCUT2D eigenvalue weighted by Crippen LogP contribution is 2.29. The summed E-state index contributed by atoms with van der Waals surface area (Å²) >= 11 is 0. The molecule has 1 saturated heterocycles. The van der Waals surface area contributed by atoms with Crippen LogP contribution in [0, 0.1) is 0 Å². The molecule has 108 valence electrons. The molecule has 1 saturated carbocycles. The standard InChI is InChI=1S/C17H24N2O/c1-2-17(20)19-11-10-18(15-8-9-15)13-16(19)12-14-6-4-3-5-7-14/h3-7,15-16H,2,8-13H2,1H3. The lowest BCUT2D eigenvalue weighted by Gasteiger charge is -2.42. The van der Waals surface area contributed by atoms with Gasteiger partial charge in [0.15, 0.2) is 0 Å². The molecule has 0 bridgehead atoms. The predicted molar refractivity (Wildman–Crippen MR) is 80.5 cm³/mol. The molecule has 3 nitrogen and oxygen atoms in total. The van der Waals surface area contributed by atoms with Gasteiger partial charge in [-0.3, -0.25) is 9.69 Å². The number of amides is 1. The lowest BCUT2D eigenvalue weighted by molar-refractivity contribution is -0.135. The molecule has 1 heterocycles. The molecule has 1 unspecified atom stereocenters. The Morgan fingerprint density at radius 3 is 2.60 bits per heavy atom. The highest BCUT2D eigenvalue weighted by molar-refractivity contribution is 5.76. The molecule has 3 heteroatoms. The molecule has 1 amide bonds. The number of nitrogens with zero attached hydrogens (tertiary/aromatic N) is 2. The van der Waals surface area contributed by atoms with Crippen LogP contribution in [0.2, 0.25) is 0 Å². The van der Waals surface area contributed by atoms with Crippen LogP contribution in [0.1, 0.15) is 31.7 Å². The highest BCUT2D eigenvalue weighted by Gasteiger charge is 2.36. The summed E-state index contributed by atoms with van der Waals surface area (Å²) in [7, 11) is 0. The van der Waals surface area contributed by atoms with Gasteiger partial charge in [-0.05, 0) is 24.8 Å². The number of piperazine rings is 1. The Morgan fingerprint density at radius 2 is 1.95 bits per heavy atom. The molecule has 1 aromatic rings. The number of carbonyl (C=O) groups is 1. The maximum atomic E-state index is 12.2. The second-order valence-corrected chi connectivity index (χ2v) is 6.01. The molecule has 2 aliphatic rings. The Balaban J connectivity index is 1.71. The summed E-state index contributed by atoms with van der Waals surface area (Å²) in [5.74, 6) is 0.307. The third-order valence-electron chi connectivity index (χ3n) is 4.51. The number of rotatable bonds is 4. The zero-order valence-corrected chi connectivity index (χ0v) is 12.3. The smallest absolute Gasteiger partial charge is 0.222 e. The van der Waals surface area contributed by atoms with Gasteiger partial charge < -0.3 is 4.90 Å². The van der Waals surface area contributed by atoms with Crippen molar-refractivity contribution in [1.29, 1.82) is 0 Å². The quantitative estimate of drug-likeness (QED) is 0.840. The van der Waals surface area contributed by atoms with E-state index in [2.05, 4.69) is 40.1 Å². The normalized spacial score (nSPS) is 23.9. The summed E-state index contributed by atoms with van der Waals surface area (Å²) in [5, 5.41) is 0. The molecule has 3 rings (SSSR count). The van der Waals surface area contributed by atoms with E-state index in [1.54, 1.807) is 0 Å². The number of carbonyl (C=O) groups excluding carboxylic acids is 1. The Hall–Kier alpha value is -1.35. The van der Waals surface area contributed by atoms with E-state index in [9.17, 15) is 4.79 Å². The molecule has 0 spiro atoms. The van der Waals surface area contributed by atoms with Gasteiger partial charge in [-0.25, -0.2) is 0 Å². The van der Waals surface area contributed by atoms with Crippen molar-refractivity contribution in [3.8, 4) is 0 Å². The van der Waals surface area contributed by atoms with Crippen molar-refractivity contribution in [2.75, 3.05) is 19.6 Å². The van der Waals surface area contributed by atoms with Crippen molar-refractivity contribution < 1.29 is 4.79 Å². The molecule has 1 aliphatic heterocycles. The van der Waals surface area contributed by atoms with Gasteiger partial charge in [-0.1, -0.05) is 37.3 Å². The van der Waals surface area contributed by atoms with Crippen molar-refractivity contribution in [3.63, 3.8) is 0 Å². The Labute approximate surface area is 121 Å². The topological polar surface area (TPSA) is 23.6 Å². The molecule has 1 aliphatic carbocycles. The van der Waals surface area contributed by atoms with Crippen molar-refractivity contribution >= 4 is 5.91 Å². The molecule has 20 heavy (non-hydrogen) atoms. The van der Waals surface area contributed by atoms with E-state index >= 15 is 0 Å². The lowest BCUT2D eigenvalue weighted by Crippen LogP contribution is -2.56. The first-order valence-electron chi connectivity index (χ1n) is 7.85. The first-order valence-corrected chi connectivity index (χ1v) is 7.85. The van der Waals surface area contributed by atoms with Crippen LogP contribution >= 0.6 is 0 Å². The average Bonchev–Trinajstić information content (AvgIpc) is 3.32. The lowest BCUT2D eigenvalue weighted by atomic mass is 10.0. The Bertz CT molecular complexity index is 455. The second-order valence-electron chi connectivity index (χ2n) is 6.01. The predicted octanol–water partition coefficient (Wildman–Crippen LogP) is 2.31. The minimum absolute atomic E-state index is 0.307. The van der Waals surface area contributed by atoms with Gasteiger partial charge in [-0.2, -0.15) is 0 Å². The highest BCUT2D eigenvalue weighted by atomic mass is 16.2. The van der Waals surface area contributed by atoms with Gasteiger partial charge in [0.05, 0.1) is 0 Å². The van der Waals surface area contributed by atoms with Crippen LogP contribution in [-0.2, 0) is 11.2 Å². The van der Waals surface area contributed by atoms with E-state index in [4.69, 9.17) is 0 Å². The maximum absolute atomic E-state index is 12.2. The fraction of sp³-hybridized carbons (Fsp3) is 0.588. The van der Waals surface area contributed by atoms with E-state index < -0.39 is 0 Å². The summed E-state index contributed by atoms with van der Waals surface area (Å²) in [6.45, 7) is 4.98. The molecule has 2 fully saturated rings. The van der Waals surface area contributed by atoms with E-state index in [0.29, 0.717) is 18.4 Å². The summed E-state index contributed by atoms with van der Waals surface area (Å²) in [4.78, 5) is 16.9. The molecule has 1 atom stereocenters. The molecular weight excluding hydrogens is 248 g/mol. The van der Waals surface area contributed by atoms with Crippen LogP contribution in [-0.4, -0.2) is 47.4 Å². The minimum atomic E-state index is 0.307. The number of hydrogen-bond acceptors (Lipinski definition) is 2. The van der Waals surface area contributed by atoms with Crippen LogP contribution in [0.15, 0.2) is 30.3 Å². The summed E-state index contributed by atoms with van der Waals surface area (Å²) < 4.78 is 0. The number of benzene rings is 1. The number of hydrogen-bond donors (Lipinski definition) is 0. The Morgan fingerprint density at radius 1 is 1.20 bits per heavy atom. The monoisotopic (exact) mass is 272 g/mol. The van der Waals surface area contributed by atoms with Crippen LogP contribution in [0.4, 0.5) is 0 Å². The van der Waals surface area contributed by atoms with Gasteiger partial charge in [0.25, 0.3) is 0 Å². The SMILES string of the molecule is CCC(=O)N1CCN(C2CC2)CC1Cc1ccccc1. The largest absolute Gasteiger partial charge is 0.337 e. The van der Waals surface area contributed by atoms with E-state index in [0.717, 1.165) is 32.1 Å². The maximum Gasteiger partial charge on any atom is 0.222 e. The third kappa shape index (κ3) is 3.04. The molecule has 0 radical (unpaired) electrons. The van der Waals surface area contributed by atoms with Crippen molar-refractivity contribution in [2.24, 2.45) is 0 Å². The van der Waals surface area contributed by atoms with Crippen LogP contribution in [0.25, 0.3) is 0 Å². The first kappa shape index (κ1) is 13.6. The average molecular weight is 272 g/mol. The zero-order chi connectivity index (χ0) is 13.9. The van der Waals surface area contributed by atoms with E-state index in [-0.39, 0.29) is 0 Å². The van der Waals surface area contributed by atoms with Crippen molar-refractivity contribution in [3.05, 3.63) is 35.9 Å². The molecular formula is C17H24N2O. The molecule has 1 aromatic carbocycles. The molecule has 0 aromatic heterocycles. The third-order valence-corrected chi connectivity index (χ3v) is 4.51. The summed E-state index contributed by atoms with van der Waals surface area (Å²) in [6, 6.07) is 11.7. The van der Waals surface area contributed by atoms with Gasteiger partial charge in [0.1, 0.15) is 0 Å². The van der Waals surface area contributed by atoms with Crippen LogP contribution in [0.3, 0.4) is 0 Å². The zero-order valence-electron chi connectivity index (χ0n) is 12.3. The van der Waals surface area contributed by atoms with E-state index in [1.165, 1.54) is 18.4 Å². The fourth-order valence-electron chi connectivity index (χ4n) is 3.24. The van der Waals surface area contributed by atoms with Crippen molar-refractivity contribution in [1.82, 2.24) is 9.80 Å². The molecule has 0 N–H and O–H groups in total. The fourth-order valence-corrected chi connectivity index (χ4v) is 3.24. The van der Waals surface area contributed by atoms with Gasteiger partial charge in [-0.15, -0.1) is 0 Å². The van der Waals surface area contributed by atoms with Crippen LogP contribution < -0.4 is 0 Å². The van der Waals surface area contributed by atoms with Gasteiger partial charge in [0.2, 0.25) is 5.91 Å².